The van der Waals surface area contributed by atoms with Gasteiger partial charge in [-0.15, -0.1) is 0 Å². The van der Waals surface area contributed by atoms with E-state index >= 15 is 0 Å². The third kappa shape index (κ3) is 1.49. The summed E-state index contributed by atoms with van der Waals surface area (Å²) in [5, 5.41) is 9.77. The van der Waals surface area contributed by atoms with Crippen molar-refractivity contribution in [3.05, 3.63) is 34.1 Å². The van der Waals surface area contributed by atoms with Gasteiger partial charge in [0.15, 0.2) is 0 Å². The summed E-state index contributed by atoms with van der Waals surface area (Å²) in [5.41, 5.74) is -0.813. The molecular formula is C9H8BrFO2. The highest BCUT2D eigenvalue weighted by molar-refractivity contribution is 9.10. The molecule has 0 bridgehead atoms. The molecule has 2 nitrogen and oxygen atoms in total. The molecule has 0 amide bonds. The van der Waals surface area contributed by atoms with Crippen LogP contribution in [-0.2, 0) is 10.3 Å². The fraction of sp³-hybridized carbons (Fsp3) is 0.333. The predicted molar refractivity (Wildman–Crippen MR) is 48.8 cm³/mol. The maximum atomic E-state index is 13.3. The molecule has 1 heterocycles. The summed E-state index contributed by atoms with van der Waals surface area (Å²) in [5.74, 6) is -0.403. The van der Waals surface area contributed by atoms with Crippen molar-refractivity contribution in [3.63, 3.8) is 0 Å². The Kier molecular flexibility index (Phi) is 2.14. The van der Waals surface area contributed by atoms with Gasteiger partial charge >= 0.3 is 0 Å². The first-order chi connectivity index (χ1) is 6.12. The van der Waals surface area contributed by atoms with E-state index < -0.39 is 11.4 Å². The molecule has 0 radical (unpaired) electrons. The first-order valence-electron chi connectivity index (χ1n) is 3.87. The minimum absolute atomic E-state index is 0.172. The second-order valence-electron chi connectivity index (χ2n) is 3.15. The Morgan fingerprint density at radius 3 is 2.62 bits per heavy atom. The Bertz CT molecular complexity index is 336. The molecule has 0 atom stereocenters. The van der Waals surface area contributed by atoms with Crippen LogP contribution in [0.4, 0.5) is 4.39 Å². The molecule has 1 N–H and O–H groups in total. The molecule has 1 aliphatic rings. The third-order valence-electron chi connectivity index (χ3n) is 2.11. The topological polar surface area (TPSA) is 29.5 Å². The molecule has 0 saturated carbocycles. The van der Waals surface area contributed by atoms with Crippen molar-refractivity contribution in [1.29, 1.82) is 0 Å². The van der Waals surface area contributed by atoms with Gasteiger partial charge < -0.3 is 9.84 Å². The van der Waals surface area contributed by atoms with E-state index in [0.29, 0.717) is 10.0 Å². The number of benzene rings is 1. The largest absolute Gasteiger partial charge is 0.380 e. The van der Waals surface area contributed by atoms with E-state index in [1.807, 2.05) is 0 Å². The summed E-state index contributed by atoms with van der Waals surface area (Å²) in [6, 6.07) is 4.61. The van der Waals surface area contributed by atoms with E-state index in [2.05, 4.69) is 15.9 Å². The van der Waals surface area contributed by atoms with Gasteiger partial charge in [-0.05, 0) is 12.1 Å². The second-order valence-corrected chi connectivity index (χ2v) is 4.06. The standard InChI is InChI=1S/C9H8BrFO2/c10-6-1-2-7(8(11)3-6)9(12)4-13-5-9/h1-3,12H,4-5H2. The van der Waals surface area contributed by atoms with Crippen LogP contribution < -0.4 is 0 Å². The van der Waals surface area contributed by atoms with Gasteiger partial charge in [0.2, 0.25) is 0 Å². The smallest absolute Gasteiger partial charge is 0.139 e. The van der Waals surface area contributed by atoms with E-state index in [1.54, 1.807) is 12.1 Å². The van der Waals surface area contributed by atoms with Gasteiger partial charge in [-0.3, -0.25) is 0 Å². The Hall–Kier alpha value is -0.450. The number of aliphatic hydroxyl groups is 1. The number of hydrogen-bond donors (Lipinski definition) is 1. The summed E-state index contributed by atoms with van der Waals surface area (Å²) in [6.45, 7) is 0.344. The van der Waals surface area contributed by atoms with Crippen LogP contribution in [0, 0.1) is 5.82 Å². The molecular weight excluding hydrogens is 239 g/mol. The Labute approximate surface area is 83.5 Å². The average Bonchev–Trinajstić information content (AvgIpc) is 2.00. The van der Waals surface area contributed by atoms with E-state index in [1.165, 1.54) is 6.07 Å². The fourth-order valence-corrected chi connectivity index (χ4v) is 1.65. The van der Waals surface area contributed by atoms with Crippen molar-refractivity contribution in [2.75, 3.05) is 13.2 Å². The molecule has 0 spiro atoms. The summed E-state index contributed by atoms with van der Waals surface area (Å²) in [6.07, 6.45) is 0. The van der Waals surface area contributed by atoms with Crippen LogP contribution in [-0.4, -0.2) is 18.3 Å². The van der Waals surface area contributed by atoms with E-state index in [4.69, 9.17) is 4.74 Å². The summed E-state index contributed by atoms with van der Waals surface area (Å²) in [4.78, 5) is 0. The zero-order valence-electron chi connectivity index (χ0n) is 6.76. The van der Waals surface area contributed by atoms with Crippen LogP contribution in [0.2, 0.25) is 0 Å². The minimum atomic E-state index is -1.12. The highest BCUT2D eigenvalue weighted by atomic mass is 79.9. The van der Waals surface area contributed by atoms with Crippen molar-refractivity contribution in [2.24, 2.45) is 0 Å². The number of halogens is 2. The van der Waals surface area contributed by atoms with Crippen LogP contribution in [0.5, 0.6) is 0 Å². The Morgan fingerprint density at radius 2 is 2.15 bits per heavy atom. The molecule has 1 aliphatic heterocycles. The number of hydrogen-bond acceptors (Lipinski definition) is 2. The van der Waals surface area contributed by atoms with Gasteiger partial charge in [-0.25, -0.2) is 4.39 Å². The van der Waals surface area contributed by atoms with Crippen molar-refractivity contribution < 1.29 is 14.2 Å². The minimum Gasteiger partial charge on any atom is -0.380 e. The maximum Gasteiger partial charge on any atom is 0.139 e. The van der Waals surface area contributed by atoms with Crippen LogP contribution in [0.15, 0.2) is 22.7 Å². The van der Waals surface area contributed by atoms with Crippen molar-refractivity contribution in [2.45, 2.75) is 5.60 Å². The monoisotopic (exact) mass is 246 g/mol. The molecule has 13 heavy (non-hydrogen) atoms. The van der Waals surface area contributed by atoms with E-state index in [9.17, 15) is 9.50 Å². The normalized spacial score (nSPS) is 19.6. The Balaban J connectivity index is 2.40. The van der Waals surface area contributed by atoms with Crippen molar-refractivity contribution >= 4 is 15.9 Å². The van der Waals surface area contributed by atoms with Crippen LogP contribution in [0.25, 0.3) is 0 Å². The second kappa shape index (κ2) is 3.04. The van der Waals surface area contributed by atoms with Crippen LogP contribution in [0.3, 0.4) is 0 Å². The van der Waals surface area contributed by atoms with E-state index in [-0.39, 0.29) is 13.2 Å². The lowest BCUT2D eigenvalue weighted by Gasteiger charge is -2.36. The molecule has 2 rings (SSSR count). The molecule has 1 aromatic rings. The zero-order valence-corrected chi connectivity index (χ0v) is 8.34. The fourth-order valence-electron chi connectivity index (χ4n) is 1.32. The first-order valence-corrected chi connectivity index (χ1v) is 4.67. The SMILES string of the molecule is OC1(c2ccc(Br)cc2F)COC1. The number of rotatable bonds is 1. The predicted octanol–water partition coefficient (Wildman–Crippen LogP) is 1.81. The van der Waals surface area contributed by atoms with Gasteiger partial charge in [0.05, 0.1) is 13.2 Å². The van der Waals surface area contributed by atoms with Crippen molar-refractivity contribution in [3.8, 4) is 0 Å². The molecule has 0 aliphatic carbocycles. The highest BCUT2D eigenvalue weighted by Crippen LogP contribution is 2.32. The summed E-state index contributed by atoms with van der Waals surface area (Å²) >= 11 is 3.15. The highest BCUT2D eigenvalue weighted by Gasteiger charge is 2.39. The first kappa shape index (κ1) is 9.12. The molecule has 4 heteroatoms. The van der Waals surface area contributed by atoms with Crippen LogP contribution in [0.1, 0.15) is 5.56 Å². The average molecular weight is 247 g/mol. The Morgan fingerprint density at radius 1 is 1.46 bits per heavy atom. The summed E-state index contributed by atoms with van der Waals surface area (Å²) in [7, 11) is 0. The van der Waals surface area contributed by atoms with Crippen LogP contribution >= 0.6 is 15.9 Å². The molecule has 1 fully saturated rings. The molecule has 1 saturated heterocycles. The lowest BCUT2D eigenvalue weighted by atomic mass is 9.92. The quantitative estimate of drug-likeness (QED) is 0.819. The lowest BCUT2D eigenvalue weighted by molar-refractivity contribution is -0.186. The van der Waals surface area contributed by atoms with Gasteiger partial charge in [0.25, 0.3) is 0 Å². The maximum absolute atomic E-state index is 13.3. The summed E-state index contributed by atoms with van der Waals surface area (Å²) < 4.78 is 18.8. The number of ether oxygens (including phenoxy) is 1. The lowest BCUT2D eigenvalue weighted by Crippen LogP contribution is -2.47. The van der Waals surface area contributed by atoms with Gasteiger partial charge in [-0.1, -0.05) is 22.0 Å². The molecule has 0 unspecified atom stereocenters. The third-order valence-corrected chi connectivity index (χ3v) is 2.61. The molecule has 70 valence electrons. The van der Waals surface area contributed by atoms with Crippen molar-refractivity contribution in [1.82, 2.24) is 0 Å². The zero-order chi connectivity index (χ0) is 9.47. The molecule has 1 aromatic carbocycles. The van der Waals surface area contributed by atoms with Gasteiger partial charge in [-0.2, -0.15) is 0 Å². The van der Waals surface area contributed by atoms with Gasteiger partial charge in [0, 0.05) is 10.0 Å². The van der Waals surface area contributed by atoms with Gasteiger partial charge in [0.1, 0.15) is 11.4 Å². The molecule has 0 aromatic heterocycles. The van der Waals surface area contributed by atoms with E-state index in [0.717, 1.165) is 0 Å².